The second kappa shape index (κ2) is 7.46. The molecule has 0 atom stereocenters. The molecule has 0 aliphatic heterocycles. The average Bonchev–Trinajstić information content (AvgIpc) is 2.97. The monoisotopic (exact) mass is 290 g/mol. The van der Waals surface area contributed by atoms with Crippen molar-refractivity contribution < 1.29 is 9.53 Å². The number of carbonyl (C=O) groups excluding carboxylic acids is 1. The van der Waals surface area contributed by atoms with Crippen LogP contribution >= 0.6 is 0 Å². The highest BCUT2D eigenvalue weighted by Crippen LogP contribution is 2.28. The van der Waals surface area contributed by atoms with Crippen molar-refractivity contribution in [3.05, 3.63) is 29.8 Å². The van der Waals surface area contributed by atoms with Gasteiger partial charge in [0, 0.05) is 13.0 Å². The highest BCUT2D eigenvalue weighted by molar-refractivity contribution is 5.76. The Morgan fingerprint density at radius 1 is 1.29 bits per heavy atom. The lowest BCUT2D eigenvalue weighted by Gasteiger charge is -2.28. The molecule has 1 aromatic rings. The lowest BCUT2D eigenvalue weighted by Crippen LogP contribution is -2.51. The van der Waals surface area contributed by atoms with Gasteiger partial charge < -0.3 is 15.8 Å². The summed E-state index contributed by atoms with van der Waals surface area (Å²) in [6.45, 7) is 0.553. The topological polar surface area (TPSA) is 64.3 Å². The Morgan fingerprint density at radius 3 is 2.52 bits per heavy atom. The van der Waals surface area contributed by atoms with Crippen molar-refractivity contribution in [2.45, 2.75) is 50.5 Å². The van der Waals surface area contributed by atoms with Crippen molar-refractivity contribution in [3.63, 3.8) is 0 Å². The van der Waals surface area contributed by atoms with Gasteiger partial charge in [-0.25, -0.2) is 0 Å². The quantitative estimate of drug-likeness (QED) is 0.810. The fourth-order valence-corrected chi connectivity index (χ4v) is 3.04. The third kappa shape index (κ3) is 4.46. The second-order valence-corrected chi connectivity index (χ2v) is 5.94. The van der Waals surface area contributed by atoms with Crippen LogP contribution in [0.3, 0.4) is 0 Å². The number of ether oxygens (including phenoxy) is 1. The van der Waals surface area contributed by atoms with Gasteiger partial charge in [-0.2, -0.15) is 0 Å². The Labute approximate surface area is 127 Å². The molecular weight excluding hydrogens is 264 g/mol. The van der Waals surface area contributed by atoms with Crippen molar-refractivity contribution >= 4 is 5.91 Å². The van der Waals surface area contributed by atoms with Crippen LogP contribution < -0.4 is 15.8 Å². The zero-order chi connectivity index (χ0) is 15.1. The molecule has 4 heteroatoms. The van der Waals surface area contributed by atoms with Crippen molar-refractivity contribution in [1.29, 1.82) is 0 Å². The van der Waals surface area contributed by atoms with E-state index >= 15 is 0 Å². The summed E-state index contributed by atoms with van der Waals surface area (Å²) in [7, 11) is 1.66. The van der Waals surface area contributed by atoms with E-state index in [1.165, 1.54) is 18.4 Å². The molecule has 21 heavy (non-hydrogen) atoms. The van der Waals surface area contributed by atoms with Gasteiger partial charge in [0.25, 0.3) is 0 Å². The van der Waals surface area contributed by atoms with Gasteiger partial charge in [0.05, 0.1) is 12.6 Å². The van der Waals surface area contributed by atoms with Crippen LogP contribution in [-0.4, -0.2) is 25.1 Å². The summed E-state index contributed by atoms with van der Waals surface area (Å²) in [5.41, 5.74) is 6.94. The highest BCUT2D eigenvalue weighted by Gasteiger charge is 2.33. The molecule has 0 spiro atoms. The zero-order valence-electron chi connectivity index (χ0n) is 12.9. The van der Waals surface area contributed by atoms with Crippen LogP contribution in [0.15, 0.2) is 24.3 Å². The van der Waals surface area contributed by atoms with E-state index in [0.717, 1.165) is 31.4 Å². The molecule has 0 heterocycles. The van der Waals surface area contributed by atoms with E-state index in [1.54, 1.807) is 7.11 Å². The molecule has 1 aromatic carbocycles. The molecule has 1 amide bonds. The third-order valence-corrected chi connectivity index (χ3v) is 4.38. The van der Waals surface area contributed by atoms with Crippen LogP contribution in [0.1, 0.15) is 44.1 Å². The number of benzene rings is 1. The summed E-state index contributed by atoms with van der Waals surface area (Å²) in [5, 5.41) is 3.16. The number of amides is 1. The molecular formula is C17H26N2O2. The molecule has 1 aliphatic rings. The Bertz CT molecular complexity index is 450. The Hall–Kier alpha value is -1.55. The van der Waals surface area contributed by atoms with Crippen LogP contribution in [0.25, 0.3) is 0 Å². The van der Waals surface area contributed by atoms with Crippen LogP contribution in [0.5, 0.6) is 5.75 Å². The molecule has 1 aliphatic carbocycles. The second-order valence-electron chi connectivity index (χ2n) is 5.94. The summed E-state index contributed by atoms with van der Waals surface area (Å²) in [6, 6.07) is 8.01. The van der Waals surface area contributed by atoms with E-state index in [-0.39, 0.29) is 11.4 Å². The minimum atomic E-state index is -0.128. The van der Waals surface area contributed by atoms with Crippen LogP contribution in [0, 0.1) is 0 Å². The first-order valence-electron chi connectivity index (χ1n) is 7.81. The number of carbonyl (C=O) groups is 1. The Kier molecular flexibility index (Phi) is 5.62. The maximum atomic E-state index is 12.1. The van der Waals surface area contributed by atoms with E-state index in [1.807, 2.05) is 12.1 Å². The third-order valence-electron chi connectivity index (χ3n) is 4.38. The van der Waals surface area contributed by atoms with E-state index in [0.29, 0.717) is 13.0 Å². The molecule has 0 aromatic heterocycles. The predicted molar refractivity (Wildman–Crippen MR) is 84.3 cm³/mol. The van der Waals surface area contributed by atoms with Crippen molar-refractivity contribution in [2.24, 2.45) is 5.73 Å². The normalized spacial score (nSPS) is 16.7. The van der Waals surface area contributed by atoms with Gasteiger partial charge in [-0.1, -0.05) is 25.0 Å². The first kappa shape index (κ1) is 15.8. The number of hydrogen-bond donors (Lipinski definition) is 2. The van der Waals surface area contributed by atoms with Gasteiger partial charge in [-0.05, 0) is 43.4 Å². The molecule has 116 valence electrons. The minimum absolute atomic E-state index is 0.128. The molecule has 0 radical (unpaired) electrons. The van der Waals surface area contributed by atoms with E-state index in [9.17, 15) is 4.79 Å². The van der Waals surface area contributed by atoms with Crippen molar-refractivity contribution in [3.8, 4) is 5.75 Å². The first-order valence-corrected chi connectivity index (χ1v) is 7.81. The minimum Gasteiger partial charge on any atom is -0.497 e. The van der Waals surface area contributed by atoms with Crippen LogP contribution in [0.4, 0.5) is 0 Å². The molecule has 1 fully saturated rings. The molecule has 1 saturated carbocycles. The van der Waals surface area contributed by atoms with E-state index < -0.39 is 0 Å². The van der Waals surface area contributed by atoms with Crippen molar-refractivity contribution in [1.82, 2.24) is 5.32 Å². The Morgan fingerprint density at radius 2 is 1.95 bits per heavy atom. The maximum Gasteiger partial charge on any atom is 0.220 e. The molecule has 3 N–H and O–H groups in total. The number of nitrogens with one attached hydrogen (secondary N) is 1. The average molecular weight is 290 g/mol. The van der Waals surface area contributed by atoms with Gasteiger partial charge >= 0.3 is 0 Å². The summed E-state index contributed by atoms with van der Waals surface area (Å²) < 4.78 is 5.13. The van der Waals surface area contributed by atoms with E-state index in [4.69, 9.17) is 10.5 Å². The predicted octanol–water partition coefficient (Wildman–Crippen LogP) is 2.41. The van der Waals surface area contributed by atoms with Crippen LogP contribution in [-0.2, 0) is 11.2 Å². The maximum absolute atomic E-state index is 12.1. The lowest BCUT2D eigenvalue weighted by molar-refractivity contribution is -0.123. The van der Waals surface area contributed by atoms with Gasteiger partial charge in [0.2, 0.25) is 5.91 Å². The fraction of sp³-hybridized carbons (Fsp3) is 0.588. The largest absolute Gasteiger partial charge is 0.497 e. The smallest absolute Gasteiger partial charge is 0.220 e. The highest BCUT2D eigenvalue weighted by atomic mass is 16.5. The van der Waals surface area contributed by atoms with Gasteiger partial charge in [0.1, 0.15) is 5.75 Å². The summed E-state index contributed by atoms with van der Waals surface area (Å²) >= 11 is 0. The molecule has 2 rings (SSSR count). The molecule has 4 nitrogen and oxygen atoms in total. The molecule has 0 saturated heterocycles. The number of rotatable bonds is 7. The van der Waals surface area contributed by atoms with Crippen molar-refractivity contribution in [2.75, 3.05) is 13.7 Å². The summed E-state index contributed by atoms with van der Waals surface area (Å²) in [6.07, 6.45) is 6.72. The van der Waals surface area contributed by atoms with E-state index in [2.05, 4.69) is 17.4 Å². The first-order chi connectivity index (χ1) is 10.2. The van der Waals surface area contributed by atoms with Gasteiger partial charge in [0.15, 0.2) is 0 Å². The molecule has 0 bridgehead atoms. The van der Waals surface area contributed by atoms with Gasteiger partial charge in [-0.15, -0.1) is 0 Å². The Balaban J connectivity index is 1.73. The van der Waals surface area contributed by atoms with Crippen LogP contribution in [0.2, 0.25) is 0 Å². The summed E-state index contributed by atoms with van der Waals surface area (Å²) in [4.78, 5) is 12.1. The number of nitrogens with two attached hydrogens (primary N) is 1. The SMILES string of the molecule is COc1ccc(CCCC(=O)NC2(CN)CCCC2)cc1. The number of methoxy groups -OCH3 is 1. The molecule has 0 unspecified atom stereocenters. The number of aryl methyl sites for hydroxylation is 1. The summed E-state index contributed by atoms with van der Waals surface area (Å²) in [5.74, 6) is 0.999. The van der Waals surface area contributed by atoms with Gasteiger partial charge in [-0.3, -0.25) is 4.79 Å². The lowest BCUT2D eigenvalue weighted by atomic mass is 9.97. The fourth-order valence-electron chi connectivity index (χ4n) is 3.04. The standard InChI is InChI=1S/C17H26N2O2/c1-21-15-9-7-14(8-10-15)5-4-6-16(20)19-17(13-18)11-2-3-12-17/h7-10H,2-6,11-13,18H2,1H3,(H,19,20). The zero-order valence-corrected chi connectivity index (χ0v) is 12.9. The number of hydrogen-bond acceptors (Lipinski definition) is 3.